The van der Waals surface area contributed by atoms with Gasteiger partial charge in [0, 0.05) is 25.2 Å². The number of carbonyl (C=O) groups is 2. The molecule has 1 aliphatic heterocycles. The summed E-state index contributed by atoms with van der Waals surface area (Å²) >= 11 is 7.25. The third-order valence-electron chi connectivity index (χ3n) is 5.13. The molecule has 11 heteroatoms. The average molecular weight is 455 g/mol. The molecule has 3 rings (SSSR count). The first-order valence-corrected chi connectivity index (χ1v) is 11.3. The number of imidazole rings is 1. The molecule has 164 valence electrons. The maximum atomic E-state index is 12.7. The Hall–Kier alpha value is -2.17. The minimum Gasteiger partial charge on any atom is -0.477 e. The van der Waals surface area contributed by atoms with E-state index in [2.05, 4.69) is 37.4 Å². The van der Waals surface area contributed by atoms with Crippen LogP contribution in [0.2, 0.25) is 5.15 Å². The summed E-state index contributed by atoms with van der Waals surface area (Å²) in [7, 11) is 0. The molecule has 0 bridgehead atoms. The maximum absolute atomic E-state index is 12.7. The number of halogens is 1. The Balaban J connectivity index is 1.72. The Morgan fingerprint density at radius 3 is 2.70 bits per heavy atom. The SMILES string of the molecule is CCCN[C@@H]1CN(c2nc(C)c(C(=O)O)s2)CCC1NC(=O)c1nc(Cl)c(CC)[nH]1. The lowest BCUT2D eigenvalue weighted by atomic mass is 9.99. The Morgan fingerprint density at radius 1 is 1.33 bits per heavy atom. The Labute approximate surface area is 184 Å². The van der Waals surface area contributed by atoms with E-state index < -0.39 is 5.97 Å². The highest BCUT2D eigenvalue weighted by Crippen LogP contribution is 2.28. The summed E-state index contributed by atoms with van der Waals surface area (Å²) in [6, 6.07) is -0.0922. The van der Waals surface area contributed by atoms with E-state index in [1.54, 1.807) is 6.92 Å². The smallest absolute Gasteiger partial charge is 0.347 e. The average Bonchev–Trinajstić information content (AvgIpc) is 3.29. The summed E-state index contributed by atoms with van der Waals surface area (Å²) in [6.07, 6.45) is 2.33. The normalized spacial score (nSPS) is 19.1. The van der Waals surface area contributed by atoms with Crippen molar-refractivity contribution in [2.75, 3.05) is 24.5 Å². The second kappa shape index (κ2) is 9.76. The number of carboxylic acid groups (broad SMARTS) is 1. The second-order valence-electron chi connectivity index (χ2n) is 7.30. The third kappa shape index (κ3) is 4.93. The van der Waals surface area contributed by atoms with Gasteiger partial charge in [0.25, 0.3) is 5.91 Å². The van der Waals surface area contributed by atoms with Gasteiger partial charge >= 0.3 is 5.97 Å². The predicted octanol–water partition coefficient (Wildman–Crippen LogP) is 2.47. The molecule has 2 aromatic rings. The van der Waals surface area contributed by atoms with Gasteiger partial charge in [-0.2, -0.15) is 0 Å². The number of nitrogens with one attached hydrogen (secondary N) is 3. The molecule has 2 atom stereocenters. The molecule has 1 fully saturated rings. The quantitative estimate of drug-likeness (QED) is 0.483. The number of aromatic nitrogens is 3. The monoisotopic (exact) mass is 454 g/mol. The van der Waals surface area contributed by atoms with Crippen molar-refractivity contribution in [1.29, 1.82) is 0 Å². The molecule has 9 nitrogen and oxygen atoms in total. The molecule has 1 amide bonds. The predicted molar refractivity (Wildman–Crippen MR) is 117 cm³/mol. The van der Waals surface area contributed by atoms with Crippen molar-refractivity contribution >= 4 is 39.9 Å². The van der Waals surface area contributed by atoms with Crippen LogP contribution >= 0.6 is 22.9 Å². The highest BCUT2D eigenvalue weighted by Gasteiger charge is 2.32. The molecule has 0 radical (unpaired) electrons. The number of aromatic carboxylic acids is 1. The molecule has 0 aliphatic carbocycles. The zero-order valence-corrected chi connectivity index (χ0v) is 18.9. The Bertz CT molecular complexity index is 914. The fourth-order valence-electron chi connectivity index (χ4n) is 3.52. The van der Waals surface area contributed by atoms with Gasteiger partial charge in [0.1, 0.15) is 4.88 Å². The van der Waals surface area contributed by atoms with Crippen LogP contribution in [0.1, 0.15) is 58.4 Å². The van der Waals surface area contributed by atoms with Crippen molar-refractivity contribution < 1.29 is 14.7 Å². The summed E-state index contributed by atoms with van der Waals surface area (Å²) in [4.78, 5) is 38.0. The lowest BCUT2D eigenvalue weighted by molar-refractivity contribution is 0.0700. The first kappa shape index (κ1) is 22.5. The van der Waals surface area contributed by atoms with E-state index in [9.17, 15) is 14.7 Å². The number of amides is 1. The fraction of sp³-hybridized carbons (Fsp3) is 0.579. The zero-order chi connectivity index (χ0) is 21.8. The number of rotatable bonds is 8. The van der Waals surface area contributed by atoms with Crippen molar-refractivity contribution in [3.05, 3.63) is 27.2 Å². The molecular weight excluding hydrogens is 428 g/mol. The summed E-state index contributed by atoms with van der Waals surface area (Å²) in [5.41, 5.74) is 1.27. The number of aryl methyl sites for hydroxylation is 2. The van der Waals surface area contributed by atoms with E-state index in [4.69, 9.17) is 11.6 Å². The van der Waals surface area contributed by atoms with E-state index >= 15 is 0 Å². The third-order valence-corrected chi connectivity index (χ3v) is 6.65. The molecule has 1 unspecified atom stereocenters. The maximum Gasteiger partial charge on any atom is 0.347 e. The number of thiazole rings is 1. The minimum absolute atomic E-state index is 0.00351. The van der Waals surface area contributed by atoms with E-state index in [0.717, 1.165) is 18.7 Å². The van der Waals surface area contributed by atoms with Gasteiger partial charge in [-0.15, -0.1) is 0 Å². The number of carbonyl (C=O) groups excluding carboxylic acids is 1. The first-order chi connectivity index (χ1) is 14.3. The zero-order valence-electron chi connectivity index (χ0n) is 17.3. The second-order valence-corrected chi connectivity index (χ2v) is 8.64. The van der Waals surface area contributed by atoms with Crippen LogP contribution in [0.4, 0.5) is 5.13 Å². The minimum atomic E-state index is -0.956. The Morgan fingerprint density at radius 2 is 2.10 bits per heavy atom. The molecule has 1 saturated heterocycles. The number of H-pyrrole nitrogens is 1. The van der Waals surface area contributed by atoms with Gasteiger partial charge in [-0.25, -0.2) is 14.8 Å². The van der Waals surface area contributed by atoms with Crippen LogP contribution < -0.4 is 15.5 Å². The lowest BCUT2D eigenvalue weighted by Gasteiger charge is -2.39. The molecule has 2 aromatic heterocycles. The van der Waals surface area contributed by atoms with Gasteiger partial charge in [-0.05, 0) is 32.7 Å². The number of nitrogens with zero attached hydrogens (tertiary/aromatic N) is 3. The number of hydrogen-bond acceptors (Lipinski definition) is 7. The molecular formula is C19H27ClN6O3S. The fourth-order valence-corrected chi connectivity index (χ4v) is 4.72. The standard InChI is InChI=1S/C19H27ClN6O3S/c1-4-7-21-13-9-26(19-22-10(3)14(30-19)18(28)29)8-6-12(13)24-17(27)16-23-11(5-2)15(20)25-16/h12-13,21H,4-9H2,1-3H3,(H,23,25)(H,24,27)(H,28,29)/t12?,13-/m1/s1. The molecule has 0 aromatic carbocycles. The molecule has 0 saturated carbocycles. The molecule has 4 N–H and O–H groups in total. The number of carboxylic acids is 1. The van der Waals surface area contributed by atoms with Gasteiger partial charge in [0.15, 0.2) is 16.1 Å². The van der Waals surface area contributed by atoms with Gasteiger partial charge < -0.3 is 25.6 Å². The summed E-state index contributed by atoms with van der Waals surface area (Å²) in [6.45, 7) is 7.84. The van der Waals surface area contributed by atoms with Crippen molar-refractivity contribution in [2.45, 2.75) is 52.1 Å². The molecule has 1 aliphatic rings. The lowest BCUT2D eigenvalue weighted by Crippen LogP contribution is -2.59. The van der Waals surface area contributed by atoms with Crippen molar-refractivity contribution in [3.8, 4) is 0 Å². The van der Waals surface area contributed by atoms with Gasteiger partial charge in [0.2, 0.25) is 0 Å². The summed E-state index contributed by atoms with van der Waals surface area (Å²) in [5.74, 6) is -1.02. The van der Waals surface area contributed by atoms with E-state index in [1.165, 1.54) is 11.3 Å². The van der Waals surface area contributed by atoms with Crippen molar-refractivity contribution in [2.24, 2.45) is 0 Å². The van der Waals surface area contributed by atoms with Crippen LogP contribution in [0.5, 0.6) is 0 Å². The molecule has 3 heterocycles. The highest BCUT2D eigenvalue weighted by molar-refractivity contribution is 7.17. The van der Waals surface area contributed by atoms with Crippen LogP contribution in [-0.2, 0) is 6.42 Å². The number of hydrogen-bond donors (Lipinski definition) is 4. The van der Waals surface area contributed by atoms with E-state index in [1.807, 2.05) is 6.92 Å². The van der Waals surface area contributed by atoms with Crippen molar-refractivity contribution in [1.82, 2.24) is 25.6 Å². The topological polar surface area (TPSA) is 123 Å². The van der Waals surface area contributed by atoms with Gasteiger partial charge in [-0.3, -0.25) is 4.79 Å². The van der Waals surface area contributed by atoms with E-state index in [0.29, 0.717) is 41.9 Å². The largest absolute Gasteiger partial charge is 0.477 e. The van der Waals surface area contributed by atoms with Crippen molar-refractivity contribution in [3.63, 3.8) is 0 Å². The Kier molecular flexibility index (Phi) is 7.32. The van der Waals surface area contributed by atoms with Gasteiger partial charge in [-0.1, -0.05) is 36.8 Å². The first-order valence-electron chi connectivity index (χ1n) is 10.1. The molecule has 0 spiro atoms. The van der Waals surface area contributed by atoms with Crippen LogP contribution in [0.25, 0.3) is 0 Å². The van der Waals surface area contributed by atoms with E-state index in [-0.39, 0.29) is 28.7 Å². The number of anilines is 1. The van der Waals surface area contributed by atoms with Crippen LogP contribution in [0.15, 0.2) is 0 Å². The number of piperidine rings is 1. The van der Waals surface area contributed by atoms with Crippen LogP contribution in [0.3, 0.4) is 0 Å². The molecule has 30 heavy (non-hydrogen) atoms. The van der Waals surface area contributed by atoms with Crippen LogP contribution in [-0.4, -0.2) is 63.7 Å². The summed E-state index contributed by atoms with van der Waals surface area (Å²) in [5, 5.41) is 16.9. The summed E-state index contributed by atoms with van der Waals surface area (Å²) < 4.78 is 0. The van der Waals surface area contributed by atoms with Crippen LogP contribution in [0, 0.1) is 6.92 Å². The number of aromatic amines is 1. The van der Waals surface area contributed by atoms with Gasteiger partial charge in [0.05, 0.1) is 11.4 Å². The highest BCUT2D eigenvalue weighted by atomic mass is 35.5.